The lowest BCUT2D eigenvalue weighted by Crippen LogP contribution is -2.38. The Morgan fingerprint density at radius 3 is 2.91 bits per heavy atom. The Morgan fingerprint density at radius 1 is 1.45 bits per heavy atom. The molecule has 118 valence electrons. The molecule has 0 saturated heterocycles. The van der Waals surface area contributed by atoms with Gasteiger partial charge in [-0.25, -0.2) is 9.37 Å². The van der Waals surface area contributed by atoms with Crippen LogP contribution in [0.25, 0.3) is 11.3 Å². The Kier molecular flexibility index (Phi) is 5.63. The monoisotopic (exact) mass is 321 g/mol. The van der Waals surface area contributed by atoms with Crippen LogP contribution in [0.5, 0.6) is 0 Å². The highest BCUT2D eigenvalue weighted by molar-refractivity contribution is 7.09. The first-order chi connectivity index (χ1) is 10.4. The van der Waals surface area contributed by atoms with Gasteiger partial charge in [0.2, 0.25) is 5.91 Å². The number of carbonyl (C=O) groups is 1. The quantitative estimate of drug-likeness (QED) is 0.890. The molecular weight excluding hydrogens is 301 g/mol. The molecule has 0 bridgehead atoms. The zero-order valence-corrected chi connectivity index (χ0v) is 13.8. The van der Waals surface area contributed by atoms with Gasteiger partial charge >= 0.3 is 0 Å². The highest BCUT2D eigenvalue weighted by Crippen LogP contribution is 2.23. The van der Waals surface area contributed by atoms with Crippen molar-refractivity contribution >= 4 is 17.2 Å². The standard InChI is InChI=1S/C16H20FN3OS/c1-11(2)18-15(21)8-20(3)9-16-19-14(10-22-16)12-5-4-6-13(17)7-12/h4-7,10-11H,8-9H2,1-3H3,(H,18,21). The molecule has 1 aromatic heterocycles. The molecule has 2 rings (SSSR count). The van der Waals surface area contributed by atoms with Crippen LogP contribution < -0.4 is 5.32 Å². The number of hydrogen-bond donors (Lipinski definition) is 1. The maximum Gasteiger partial charge on any atom is 0.234 e. The molecular formula is C16H20FN3OS. The summed E-state index contributed by atoms with van der Waals surface area (Å²) in [4.78, 5) is 18.1. The van der Waals surface area contributed by atoms with E-state index in [1.807, 2.05) is 37.2 Å². The zero-order chi connectivity index (χ0) is 16.1. The Morgan fingerprint density at radius 2 is 2.23 bits per heavy atom. The second-order valence-electron chi connectivity index (χ2n) is 5.53. The molecule has 22 heavy (non-hydrogen) atoms. The molecule has 0 aliphatic carbocycles. The second kappa shape index (κ2) is 7.47. The fourth-order valence-electron chi connectivity index (χ4n) is 2.06. The van der Waals surface area contributed by atoms with Crippen LogP contribution in [0.15, 0.2) is 29.6 Å². The van der Waals surface area contributed by atoms with Gasteiger partial charge in [-0.1, -0.05) is 12.1 Å². The first kappa shape index (κ1) is 16.6. The molecule has 1 N–H and O–H groups in total. The van der Waals surface area contributed by atoms with Crippen molar-refractivity contribution in [2.75, 3.05) is 13.6 Å². The van der Waals surface area contributed by atoms with E-state index in [9.17, 15) is 9.18 Å². The van der Waals surface area contributed by atoms with E-state index in [1.165, 1.54) is 23.5 Å². The predicted octanol–water partition coefficient (Wildman–Crippen LogP) is 2.91. The average Bonchev–Trinajstić information content (AvgIpc) is 2.85. The zero-order valence-electron chi connectivity index (χ0n) is 13.0. The van der Waals surface area contributed by atoms with E-state index in [1.54, 1.807) is 6.07 Å². The largest absolute Gasteiger partial charge is 0.353 e. The van der Waals surface area contributed by atoms with Crippen LogP contribution >= 0.6 is 11.3 Å². The van der Waals surface area contributed by atoms with Crippen LogP contribution in [0.3, 0.4) is 0 Å². The molecule has 1 aromatic carbocycles. The molecule has 0 saturated carbocycles. The number of carbonyl (C=O) groups excluding carboxylic acids is 1. The number of halogens is 1. The van der Waals surface area contributed by atoms with Crippen molar-refractivity contribution in [1.82, 2.24) is 15.2 Å². The van der Waals surface area contributed by atoms with Crippen molar-refractivity contribution in [1.29, 1.82) is 0 Å². The Bertz CT molecular complexity index is 642. The van der Waals surface area contributed by atoms with Crippen LogP contribution in [-0.2, 0) is 11.3 Å². The summed E-state index contributed by atoms with van der Waals surface area (Å²) >= 11 is 1.51. The van der Waals surface area contributed by atoms with Crippen molar-refractivity contribution in [3.05, 3.63) is 40.5 Å². The summed E-state index contributed by atoms with van der Waals surface area (Å²) in [6.45, 7) is 4.78. The predicted molar refractivity (Wildman–Crippen MR) is 87.1 cm³/mol. The third kappa shape index (κ3) is 4.89. The summed E-state index contributed by atoms with van der Waals surface area (Å²) in [7, 11) is 1.88. The molecule has 4 nitrogen and oxygen atoms in total. The number of hydrogen-bond acceptors (Lipinski definition) is 4. The number of amides is 1. The molecule has 0 atom stereocenters. The highest BCUT2D eigenvalue weighted by atomic mass is 32.1. The SMILES string of the molecule is CC(C)NC(=O)CN(C)Cc1nc(-c2cccc(F)c2)cs1. The summed E-state index contributed by atoms with van der Waals surface area (Å²) in [6, 6.07) is 6.53. The van der Waals surface area contributed by atoms with Gasteiger partial charge in [-0.3, -0.25) is 9.69 Å². The lowest BCUT2D eigenvalue weighted by molar-refractivity contribution is -0.122. The van der Waals surface area contributed by atoms with E-state index in [0.29, 0.717) is 13.1 Å². The molecule has 0 fully saturated rings. The van der Waals surface area contributed by atoms with Crippen molar-refractivity contribution in [3.63, 3.8) is 0 Å². The summed E-state index contributed by atoms with van der Waals surface area (Å²) < 4.78 is 13.2. The smallest absolute Gasteiger partial charge is 0.234 e. The molecule has 0 unspecified atom stereocenters. The number of aromatic nitrogens is 1. The third-order valence-electron chi connectivity index (χ3n) is 2.94. The summed E-state index contributed by atoms with van der Waals surface area (Å²) in [5.74, 6) is -0.270. The minimum absolute atomic E-state index is 0.000546. The van der Waals surface area contributed by atoms with Crippen LogP contribution in [0.4, 0.5) is 4.39 Å². The van der Waals surface area contributed by atoms with Gasteiger partial charge < -0.3 is 5.32 Å². The third-order valence-corrected chi connectivity index (χ3v) is 3.77. The van der Waals surface area contributed by atoms with Gasteiger partial charge in [0.15, 0.2) is 0 Å². The Labute approximate surface area is 134 Å². The first-order valence-electron chi connectivity index (χ1n) is 7.12. The number of thiazole rings is 1. The lowest BCUT2D eigenvalue weighted by Gasteiger charge is -2.16. The summed E-state index contributed by atoms with van der Waals surface area (Å²) in [5, 5.41) is 5.67. The molecule has 6 heteroatoms. The van der Waals surface area contributed by atoms with Gasteiger partial charge in [0.1, 0.15) is 10.8 Å². The van der Waals surface area contributed by atoms with Crippen molar-refractivity contribution < 1.29 is 9.18 Å². The number of nitrogens with zero attached hydrogens (tertiary/aromatic N) is 2. The van der Waals surface area contributed by atoms with Crippen molar-refractivity contribution in [2.24, 2.45) is 0 Å². The van der Waals surface area contributed by atoms with Crippen LogP contribution in [0.1, 0.15) is 18.9 Å². The fraction of sp³-hybridized carbons (Fsp3) is 0.375. The van der Waals surface area contributed by atoms with E-state index in [4.69, 9.17) is 0 Å². The first-order valence-corrected chi connectivity index (χ1v) is 8.00. The molecule has 0 spiro atoms. The van der Waals surface area contributed by atoms with E-state index in [2.05, 4.69) is 10.3 Å². The summed E-state index contributed by atoms with van der Waals surface area (Å²) in [6.07, 6.45) is 0. The second-order valence-corrected chi connectivity index (χ2v) is 6.47. The Hall–Kier alpha value is -1.79. The number of likely N-dealkylation sites (N-methyl/N-ethyl adjacent to an activating group) is 1. The molecule has 1 heterocycles. The normalized spacial score (nSPS) is 11.2. The lowest BCUT2D eigenvalue weighted by atomic mass is 10.2. The van der Waals surface area contributed by atoms with E-state index in [-0.39, 0.29) is 17.8 Å². The number of benzene rings is 1. The number of rotatable bonds is 6. The minimum Gasteiger partial charge on any atom is -0.353 e. The molecule has 1 amide bonds. The van der Waals surface area contributed by atoms with Gasteiger partial charge in [0, 0.05) is 17.0 Å². The van der Waals surface area contributed by atoms with Crippen LogP contribution in [0.2, 0.25) is 0 Å². The van der Waals surface area contributed by atoms with Gasteiger partial charge in [-0.05, 0) is 33.0 Å². The van der Waals surface area contributed by atoms with E-state index < -0.39 is 0 Å². The van der Waals surface area contributed by atoms with Gasteiger partial charge in [-0.15, -0.1) is 11.3 Å². The van der Waals surface area contributed by atoms with E-state index in [0.717, 1.165) is 16.3 Å². The average molecular weight is 321 g/mol. The van der Waals surface area contributed by atoms with Crippen LogP contribution in [-0.4, -0.2) is 35.4 Å². The van der Waals surface area contributed by atoms with Crippen molar-refractivity contribution in [3.8, 4) is 11.3 Å². The van der Waals surface area contributed by atoms with E-state index >= 15 is 0 Å². The topological polar surface area (TPSA) is 45.2 Å². The van der Waals surface area contributed by atoms with Crippen molar-refractivity contribution in [2.45, 2.75) is 26.4 Å². The van der Waals surface area contributed by atoms with Gasteiger partial charge in [-0.2, -0.15) is 0 Å². The summed E-state index contributed by atoms with van der Waals surface area (Å²) in [5.41, 5.74) is 1.53. The van der Waals surface area contributed by atoms with Gasteiger partial charge in [0.25, 0.3) is 0 Å². The maximum absolute atomic E-state index is 13.2. The maximum atomic E-state index is 13.2. The molecule has 0 aliphatic heterocycles. The van der Waals surface area contributed by atoms with Gasteiger partial charge in [0.05, 0.1) is 18.8 Å². The Balaban J connectivity index is 1.96. The molecule has 2 aromatic rings. The minimum atomic E-state index is -0.269. The molecule has 0 radical (unpaired) electrons. The van der Waals surface area contributed by atoms with Crippen LogP contribution in [0, 0.1) is 5.82 Å². The molecule has 0 aliphatic rings. The fourth-order valence-corrected chi connectivity index (χ4v) is 2.95. The number of nitrogens with one attached hydrogen (secondary N) is 1. The highest BCUT2D eigenvalue weighted by Gasteiger charge is 2.11.